The Bertz CT molecular complexity index is 446. The molecule has 1 aromatic rings. The summed E-state index contributed by atoms with van der Waals surface area (Å²) in [7, 11) is 0. The molecule has 0 N–H and O–H groups in total. The number of carbonyl (C=O) groups is 1. The first-order valence-corrected chi connectivity index (χ1v) is 7.03. The lowest BCUT2D eigenvalue weighted by Gasteiger charge is -2.34. The number of benzene rings is 1. The van der Waals surface area contributed by atoms with Crippen molar-refractivity contribution in [3.8, 4) is 0 Å². The number of rotatable bonds is 4. The topological polar surface area (TPSA) is 20.3 Å². The zero-order valence-corrected chi connectivity index (χ0v) is 11.7. The first kappa shape index (κ1) is 14.2. The monoisotopic (exact) mass is 263 g/mol. The zero-order chi connectivity index (χ0) is 13.8. The van der Waals surface area contributed by atoms with Crippen LogP contribution in [-0.4, -0.2) is 30.3 Å². The number of Topliss-reactive ketones (excluding diaryl/α,β-unsaturated/α-hetero) is 1. The van der Waals surface area contributed by atoms with Gasteiger partial charge in [0, 0.05) is 13.0 Å². The van der Waals surface area contributed by atoms with Gasteiger partial charge in [-0.25, -0.2) is 4.39 Å². The second-order valence-corrected chi connectivity index (χ2v) is 5.79. The predicted octanol–water partition coefficient (Wildman–Crippen LogP) is 2.92. The van der Waals surface area contributed by atoms with Crippen molar-refractivity contribution in [3.63, 3.8) is 0 Å². The molecular weight excluding hydrogens is 241 g/mol. The van der Waals surface area contributed by atoms with Gasteiger partial charge in [0.05, 0.1) is 6.54 Å². The van der Waals surface area contributed by atoms with E-state index >= 15 is 0 Å². The molecule has 104 valence electrons. The summed E-state index contributed by atoms with van der Waals surface area (Å²) in [5.74, 6) is 1.19. The Morgan fingerprint density at radius 1 is 1.32 bits per heavy atom. The molecule has 0 radical (unpaired) electrons. The number of carbonyl (C=O) groups excluding carboxylic acids is 1. The third-order valence-electron chi connectivity index (χ3n) is 4.16. The van der Waals surface area contributed by atoms with E-state index in [1.807, 2.05) is 0 Å². The van der Waals surface area contributed by atoms with Crippen molar-refractivity contribution in [2.45, 2.75) is 26.7 Å². The molecule has 0 amide bonds. The Morgan fingerprint density at radius 2 is 2.05 bits per heavy atom. The van der Waals surface area contributed by atoms with Crippen LogP contribution in [0.2, 0.25) is 0 Å². The average molecular weight is 263 g/mol. The summed E-state index contributed by atoms with van der Waals surface area (Å²) in [6.45, 7) is 6.91. The molecule has 2 atom stereocenters. The number of hydrogen-bond acceptors (Lipinski definition) is 2. The summed E-state index contributed by atoms with van der Waals surface area (Å²) >= 11 is 0. The second kappa shape index (κ2) is 6.29. The van der Waals surface area contributed by atoms with E-state index in [1.54, 1.807) is 18.2 Å². The van der Waals surface area contributed by atoms with Crippen LogP contribution in [0, 0.1) is 17.7 Å². The van der Waals surface area contributed by atoms with Crippen LogP contribution in [0.15, 0.2) is 24.3 Å². The maximum atomic E-state index is 13.5. The molecule has 1 fully saturated rings. The minimum absolute atomic E-state index is 0.104. The van der Waals surface area contributed by atoms with E-state index in [-0.39, 0.29) is 18.0 Å². The van der Waals surface area contributed by atoms with Crippen LogP contribution in [0.1, 0.15) is 25.8 Å². The number of likely N-dealkylation sites (tertiary alicyclic amines) is 1. The maximum absolute atomic E-state index is 13.5. The highest BCUT2D eigenvalue weighted by atomic mass is 19.1. The number of nitrogens with zero attached hydrogens (tertiary/aromatic N) is 1. The summed E-state index contributed by atoms with van der Waals surface area (Å²) in [6, 6.07) is 6.52. The van der Waals surface area contributed by atoms with E-state index in [2.05, 4.69) is 18.7 Å². The highest BCUT2D eigenvalue weighted by molar-refractivity contribution is 5.82. The fraction of sp³-hybridized carbons (Fsp3) is 0.562. The van der Waals surface area contributed by atoms with Gasteiger partial charge in [-0.1, -0.05) is 32.0 Å². The summed E-state index contributed by atoms with van der Waals surface area (Å²) in [5, 5.41) is 0. The van der Waals surface area contributed by atoms with Crippen LogP contribution < -0.4 is 0 Å². The number of hydrogen-bond donors (Lipinski definition) is 0. The summed E-state index contributed by atoms with van der Waals surface area (Å²) in [5.41, 5.74) is 0.505. The van der Waals surface area contributed by atoms with Gasteiger partial charge in [0.1, 0.15) is 5.82 Å². The van der Waals surface area contributed by atoms with Gasteiger partial charge in [-0.15, -0.1) is 0 Å². The Balaban J connectivity index is 1.87. The van der Waals surface area contributed by atoms with Gasteiger partial charge in [-0.3, -0.25) is 9.69 Å². The van der Waals surface area contributed by atoms with Crippen LogP contribution in [-0.2, 0) is 11.2 Å². The fourth-order valence-corrected chi connectivity index (χ4v) is 2.65. The molecule has 1 aliphatic heterocycles. The third kappa shape index (κ3) is 3.87. The van der Waals surface area contributed by atoms with Gasteiger partial charge in [0.25, 0.3) is 0 Å². The lowest BCUT2D eigenvalue weighted by Crippen LogP contribution is -2.41. The highest BCUT2D eigenvalue weighted by Gasteiger charge is 2.23. The Morgan fingerprint density at radius 3 is 2.74 bits per heavy atom. The quantitative estimate of drug-likeness (QED) is 0.832. The van der Waals surface area contributed by atoms with Crippen molar-refractivity contribution in [3.05, 3.63) is 35.6 Å². The normalized spacial score (nSPS) is 24.4. The molecule has 2 nitrogen and oxygen atoms in total. The van der Waals surface area contributed by atoms with Gasteiger partial charge in [0.15, 0.2) is 5.78 Å². The van der Waals surface area contributed by atoms with E-state index in [0.29, 0.717) is 18.0 Å². The van der Waals surface area contributed by atoms with Gasteiger partial charge >= 0.3 is 0 Å². The van der Waals surface area contributed by atoms with Crippen molar-refractivity contribution in [2.75, 3.05) is 19.6 Å². The average Bonchev–Trinajstić information content (AvgIpc) is 2.37. The standard InChI is InChI=1S/C16H22FNO/c1-12-7-8-18(10-13(12)2)11-15(19)9-14-5-3-4-6-16(14)17/h3-6,12-13H,7-11H2,1-2H3. The van der Waals surface area contributed by atoms with Crippen LogP contribution >= 0.6 is 0 Å². The molecule has 1 aliphatic rings. The molecule has 1 aromatic carbocycles. The summed E-state index contributed by atoms with van der Waals surface area (Å²) in [4.78, 5) is 14.2. The predicted molar refractivity (Wildman–Crippen MR) is 74.5 cm³/mol. The molecule has 0 aromatic heterocycles. The molecule has 1 heterocycles. The van der Waals surface area contributed by atoms with Crippen molar-refractivity contribution in [1.29, 1.82) is 0 Å². The van der Waals surface area contributed by atoms with Crippen LogP contribution in [0.25, 0.3) is 0 Å². The smallest absolute Gasteiger partial charge is 0.151 e. The van der Waals surface area contributed by atoms with E-state index < -0.39 is 0 Å². The maximum Gasteiger partial charge on any atom is 0.151 e. The Labute approximate surface area is 114 Å². The lowest BCUT2D eigenvalue weighted by atomic mass is 9.88. The first-order chi connectivity index (χ1) is 9.06. The molecule has 2 unspecified atom stereocenters. The zero-order valence-electron chi connectivity index (χ0n) is 11.7. The SMILES string of the molecule is CC1CCN(CC(=O)Cc2ccccc2F)CC1C. The summed E-state index contributed by atoms with van der Waals surface area (Å²) < 4.78 is 13.5. The molecule has 19 heavy (non-hydrogen) atoms. The van der Waals surface area contributed by atoms with Gasteiger partial charge in [-0.2, -0.15) is 0 Å². The third-order valence-corrected chi connectivity index (χ3v) is 4.16. The van der Waals surface area contributed by atoms with Crippen molar-refractivity contribution in [1.82, 2.24) is 4.90 Å². The number of halogens is 1. The van der Waals surface area contributed by atoms with E-state index in [0.717, 1.165) is 25.4 Å². The molecule has 3 heteroatoms. The van der Waals surface area contributed by atoms with Gasteiger partial charge < -0.3 is 0 Å². The van der Waals surface area contributed by atoms with Gasteiger partial charge in [-0.05, 0) is 36.4 Å². The molecule has 0 saturated carbocycles. The minimum atomic E-state index is -0.281. The molecule has 0 aliphatic carbocycles. The number of piperidine rings is 1. The highest BCUT2D eigenvalue weighted by Crippen LogP contribution is 2.22. The Hall–Kier alpha value is -1.22. The summed E-state index contributed by atoms with van der Waals surface area (Å²) in [6.07, 6.45) is 1.35. The number of ketones is 1. The minimum Gasteiger partial charge on any atom is -0.298 e. The molecular formula is C16H22FNO. The van der Waals surface area contributed by atoms with Crippen molar-refractivity contribution in [2.24, 2.45) is 11.8 Å². The van der Waals surface area contributed by atoms with E-state index in [4.69, 9.17) is 0 Å². The molecule has 0 bridgehead atoms. The molecule has 2 rings (SSSR count). The van der Waals surface area contributed by atoms with Crippen molar-refractivity contribution >= 4 is 5.78 Å². The first-order valence-electron chi connectivity index (χ1n) is 7.03. The Kier molecular flexibility index (Phi) is 4.70. The van der Waals surface area contributed by atoms with Crippen LogP contribution in [0.4, 0.5) is 4.39 Å². The van der Waals surface area contributed by atoms with Crippen molar-refractivity contribution < 1.29 is 9.18 Å². The van der Waals surface area contributed by atoms with Crippen LogP contribution in [0.3, 0.4) is 0 Å². The fourth-order valence-electron chi connectivity index (χ4n) is 2.65. The molecule has 0 spiro atoms. The van der Waals surface area contributed by atoms with Crippen LogP contribution in [0.5, 0.6) is 0 Å². The largest absolute Gasteiger partial charge is 0.298 e. The molecule has 1 saturated heterocycles. The second-order valence-electron chi connectivity index (χ2n) is 5.79. The lowest BCUT2D eigenvalue weighted by molar-refractivity contribution is -0.120. The van der Waals surface area contributed by atoms with E-state index in [1.165, 1.54) is 6.07 Å². The van der Waals surface area contributed by atoms with E-state index in [9.17, 15) is 9.18 Å². The van der Waals surface area contributed by atoms with Gasteiger partial charge in [0.2, 0.25) is 0 Å².